The fraction of sp³-hybridized carbons (Fsp3) is 0.958. The van der Waals surface area contributed by atoms with E-state index < -0.39 is 5.97 Å². The van der Waals surface area contributed by atoms with Crippen molar-refractivity contribution in [2.45, 2.75) is 97.5 Å². The van der Waals surface area contributed by atoms with Gasteiger partial charge in [-0.2, -0.15) is 0 Å². The minimum absolute atomic E-state index is 0. The van der Waals surface area contributed by atoms with Crippen molar-refractivity contribution in [3.8, 4) is 0 Å². The van der Waals surface area contributed by atoms with Crippen LogP contribution in [0.2, 0.25) is 0 Å². The first kappa shape index (κ1) is 26.6. The molecular weight excluding hydrogens is 411 g/mol. The van der Waals surface area contributed by atoms with Crippen molar-refractivity contribution in [3.63, 3.8) is 0 Å². The van der Waals surface area contributed by atoms with E-state index in [1.54, 1.807) is 0 Å². The molecule has 2 N–H and O–H groups in total. The van der Waals surface area contributed by atoms with Crippen LogP contribution in [0.1, 0.15) is 91.4 Å². The third kappa shape index (κ3) is 4.70. The predicted molar refractivity (Wildman–Crippen MR) is 107 cm³/mol. The number of carboxylic acid groups (broad SMARTS) is 1. The zero-order chi connectivity index (χ0) is 19.4. The molecule has 9 atom stereocenters. The number of aliphatic hydroxyl groups excluding tert-OH is 1. The molecule has 5 heteroatoms. The van der Waals surface area contributed by atoms with Crippen molar-refractivity contribution < 1.29 is 78.8 Å². The van der Waals surface area contributed by atoms with E-state index in [0.29, 0.717) is 29.1 Å². The topological polar surface area (TPSA) is 57.5 Å². The first-order chi connectivity index (χ1) is 12.8. The first-order valence-corrected chi connectivity index (χ1v) is 11.7. The Balaban J connectivity index is 0.00000150. The maximum Gasteiger partial charge on any atom is 1.00 e. The molecule has 162 valence electrons. The Labute approximate surface area is 226 Å². The van der Waals surface area contributed by atoms with Gasteiger partial charge in [-0.15, -0.1) is 0 Å². The molecule has 0 bridgehead atoms. The van der Waals surface area contributed by atoms with Gasteiger partial charge in [-0.1, -0.05) is 20.8 Å². The van der Waals surface area contributed by atoms with Crippen molar-refractivity contribution in [1.29, 1.82) is 0 Å². The maximum absolute atomic E-state index is 11.0. The second kappa shape index (κ2) is 10.1. The molecule has 0 aromatic rings. The third-order valence-corrected chi connectivity index (χ3v) is 10.2. The van der Waals surface area contributed by atoms with Gasteiger partial charge in [-0.25, -0.2) is 0 Å². The summed E-state index contributed by atoms with van der Waals surface area (Å²) in [4.78, 5) is 11.0. The molecule has 0 spiro atoms. The summed E-state index contributed by atoms with van der Waals surface area (Å²) in [5, 5.41) is 19.3. The van der Waals surface area contributed by atoms with Gasteiger partial charge in [0.2, 0.25) is 0 Å². The Morgan fingerprint density at radius 2 is 1.66 bits per heavy atom. The number of carbonyl (C=O) groups is 1. The quantitative estimate of drug-likeness (QED) is 0.568. The molecule has 0 aromatic carbocycles. The van der Waals surface area contributed by atoms with Crippen molar-refractivity contribution >= 4 is 5.97 Å². The van der Waals surface area contributed by atoms with Crippen LogP contribution < -0.4 is 63.8 Å². The Morgan fingerprint density at radius 3 is 2.34 bits per heavy atom. The summed E-state index contributed by atoms with van der Waals surface area (Å²) in [7, 11) is 0. The van der Waals surface area contributed by atoms with E-state index in [2.05, 4.69) is 20.8 Å². The molecule has 3 nitrogen and oxygen atoms in total. The number of aliphatic hydroxyl groups is 1. The van der Waals surface area contributed by atoms with Crippen molar-refractivity contribution in [3.05, 3.63) is 0 Å². The number of hydrogen-bond donors (Lipinski definition) is 2. The zero-order valence-electron chi connectivity index (χ0n) is 19.0. The second-order valence-corrected chi connectivity index (χ2v) is 11.2. The summed E-state index contributed by atoms with van der Waals surface area (Å²) in [6, 6.07) is 0. The van der Waals surface area contributed by atoms with Gasteiger partial charge in [-0.05, 0) is 111 Å². The molecule has 4 aliphatic carbocycles. The van der Waals surface area contributed by atoms with Crippen molar-refractivity contribution in [2.75, 3.05) is 0 Å². The number of halogens is 1. The minimum Gasteiger partial charge on any atom is -1.00 e. The second-order valence-electron chi connectivity index (χ2n) is 11.2. The van der Waals surface area contributed by atoms with Crippen LogP contribution in [0.4, 0.5) is 0 Å². The van der Waals surface area contributed by atoms with Crippen molar-refractivity contribution in [1.82, 2.24) is 0 Å². The Morgan fingerprint density at radius 1 is 1.00 bits per heavy atom. The van der Waals surface area contributed by atoms with Gasteiger partial charge in [0.1, 0.15) is 0 Å². The summed E-state index contributed by atoms with van der Waals surface area (Å²) < 4.78 is 0. The summed E-state index contributed by atoms with van der Waals surface area (Å²) >= 11 is 0. The molecule has 0 amide bonds. The van der Waals surface area contributed by atoms with Gasteiger partial charge >= 0.3 is 57.4 Å². The van der Waals surface area contributed by atoms with Crippen LogP contribution in [0, 0.1) is 46.3 Å². The van der Waals surface area contributed by atoms with Gasteiger partial charge in [0.15, 0.2) is 0 Å². The monoisotopic (exact) mass is 450 g/mol. The van der Waals surface area contributed by atoms with Gasteiger partial charge in [0.05, 0.1) is 6.10 Å². The SMILES string of the molecule is C[C@H](CCC(=O)O)[C@H]1CC[C@H]2[C@@H]3CCC4C[C@H](O)CC[C@]4(C)[C@H]3CC[C@]12C.[Cl-].[K+]. The van der Waals surface area contributed by atoms with Crippen LogP contribution >= 0.6 is 0 Å². The standard InChI is InChI=1S/C24H40O3.ClH.K/c1-15(4-9-22(26)27)19-7-8-20-18-6-5-16-14-17(25)10-12-23(16,2)21(18)11-13-24(19,20)3;;/h15-21,25H,4-14H2,1-3H3,(H,26,27);1H;/q;;+1/p-1/t15-,16?,17-,18+,19-,20+,21+,23+,24-;;/m1../s1. The predicted octanol–water partition coefficient (Wildman–Crippen LogP) is -0.485. The van der Waals surface area contributed by atoms with Crippen LogP contribution in [-0.4, -0.2) is 22.3 Å². The molecule has 4 rings (SSSR count). The van der Waals surface area contributed by atoms with Crippen molar-refractivity contribution in [2.24, 2.45) is 46.3 Å². The van der Waals surface area contributed by atoms with E-state index in [9.17, 15) is 9.90 Å². The largest absolute Gasteiger partial charge is 1.00 e. The van der Waals surface area contributed by atoms with Gasteiger partial charge in [-0.3, -0.25) is 4.79 Å². The Hall–Kier alpha value is 1.36. The summed E-state index contributed by atoms with van der Waals surface area (Å²) in [5.74, 6) is 3.91. The van der Waals surface area contributed by atoms with Crippen LogP contribution in [0.5, 0.6) is 0 Å². The van der Waals surface area contributed by atoms with E-state index in [4.69, 9.17) is 5.11 Å². The van der Waals surface area contributed by atoms with Crippen LogP contribution in [0.25, 0.3) is 0 Å². The summed E-state index contributed by atoms with van der Waals surface area (Å²) in [6.45, 7) is 7.43. The molecular formula is C24H40ClKO3. The average Bonchev–Trinajstić information content (AvgIpc) is 2.97. The molecule has 4 fully saturated rings. The van der Waals surface area contributed by atoms with Crippen LogP contribution in [0.15, 0.2) is 0 Å². The number of rotatable bonds is 4. The fourth-order valence-corrected chi connectivity index (χ4v) is 8.76. The smallest absolute Gasteiger partial charge is 1.00 e. The number of fused-ring (bicyclic) bond motifs is 5. The molecule has 1 unspecified atom stereocenters. The fourth-order valence-electron chi connectivity index (χ4n) is 8.76. The van der Waals surface area contributed by atoms with E-state index in [-0.39, 0.29) is 69.9 Å². The Kier molecular flexibility index (Phi) is 9.26. The number of aliphatic carboxylic acids is 1. The third-order valence-electron chi connectivity index (χ3n) is 10.2. The van der Waals surface area contributed by atoms with E-state index >= 15 is 0 Å². The van der Waals surface area contributed by atoms with Crippen LogP contribution in [0.3, 0.4) is 0 Å². The van der Waals surface area contributed by atoms with E-state index in [1.165, 1.54) is 44.9 Å². The van der Waals surface area contributed by atoms with E-state index in [0.717, 1.165) is 42.9 Å². The molecule has 29 heavy (non-hydrogen) atoms. The number of hydrogen-bond acceptors (Lipinski definition) is 2. The van der Waals surface area contributed by atoms with Gasteiger partial charge < -0.3 is 22.6 Å². The molecule has 0 saturated heterocycles. The zero-order valence-corrected chi connectivity index (χ0v) is 22.9. The van der Waals surface area contributed by atoms with Crippen LogP contribution in [-0.2, 0) is 4.79 Å². The van der Waals surface area contributed by atoms with Gasteiger partial charge in [0.25, 0.3) is 0 Å². The molecule has 0 aliphatic heterocycles. The molecule has 4 saturated carbocycles. The number of carboxylic acids is 1. The molecule has 0 aromatic heterocycles. The summed E-state index contributed by atoms with van der Waals surface area (Å²) in [6.07, 6.45) is 12.4. The Bertz CT molecular complexity index is 586. The summed E-state index contributed by atoms with van der Waals surface area (Å²) in [5.41, 5.74) is 0.882. The minimum atomic E-state index is -0.643. The molecule has 0 heterocycles. The normalized spacial score (nSPS) is 46.9. The molecule has 0 radical (unpaired) electrons. The van der Waals surface area contributed by atoms with Gasteiger partial charge in [0, 0.05) is 6.42 Å². The average molecular weight is 451 g/mol. The maximum atomic E-state index is 11.0. The molecule has 4 aliphatic rings. The first-order valence-electron chi connectivity index (χ1n) is 11.7. The van der Waals surface area contributed by atoms with E-state index in [1.807, 2.05) is 0 Å².